The molecule has 0 radical (unpaired) electrons. The van der Waals surface area contributed by atoms with Gasteiger partial charge in [-0.25, -0.2) is 0 Å². The fraction of sp³-hybridized carbons (Fsp3) is 0.625. The quantitative estimate of drug-likeness (QED) is 0.864. The van der Waals surface area contributed by atoms with E-state index in [0.29, 0.717) is 0 Å². The molecule has 1 rings (SSSR count). The molecule has 1 aromatic carbocycles. The number of aliphatic hydroxyl groups excluding tert-OH is 1. The summed E-state index contributed by atoms with van der Waals surface area (Å²) in [6.45, 7) is 8.45. The predicted molar refractivity (Wildman–Crippen MR) is 77.9 cm³/mol. The molecule has 0 amide bonds. The summed E-state index contributed by atoms with van der Waals surface area (Å²) in [7, 11) is 4.11. The Labute approximate surface area is 112 Å². The van der Waals surface area contributed by atoms with Crippen LogP contribution in [0, 0.1) is 13.8 Å². The Bertz CT molecular complexity index is 394. The van der Waals surface area contributed by atoms with Crippen molar-refractivity contribution < 1.29 is 5.11 Å². The van der Waals surface area contributed by atoms with Crippen molar-refractivity contribution >= 4 is 0 Å². The highest BCUT2D eigenvalue weighted by atomic mass is 16.3. The average molecular weight is 249 g/mol. The lowest BCUT2D eigenvalue weighted by Gasteiger charge is -2.43. The summed E-state index contributed by atoms with van der Waals surface area (Å²) < 4.78 is 0. The summed E-state index contributed by atoms with van der Waals surface area (Å²) in [5, 5.41) is 10.9. The second-order valence-corrected chi connectivity index (χ2v) is 5.47. The maximum Gasteiger partial charge on any atom is 0.0975 e. The van der Waals surface area contributed by atoms with Crippen LogP contribution < -0.4 is 0 Å². The van der Waals surface area contributed by atoms with Crippen LogP contribution in [0.5, 0.6) is 0 Å². The second kappa shape index (κ2) is 5.85. The smallest absolute Gasteiger partial charge is 0.0975 e. The first kappa shape index (κ1) is 15.2. The number of likely N-dealkylation sites (N-methyl/N-ethyl adjacent to an activating group) is 1. The molecule has 0 saturated carbocycles. The topological polar surface area (TPSA) is 23.5 Å². The van der Waals surface area contributed by atoms with Gasteiger partial charge in [-0.3, -0.25) is 0 Å². The number of aryl methyl sites for hydroxylation is 2. The summed E-state index contributed by atoms with van der Waals surface area (Å²) in [5.74, 6) is 0. The van der Waals surface area contributed by atoms with Gasteiger partial charge in [-0.2, -0.15) is 0 Å². The van der Waals surface area contributed by atoms with Gasteiger partial charge in [-0.15, -0.1) is 0 Å². The van der Waals surface area contributed by atoms with Gasteiger partial charge in [-0.1, -0.05) is 37.6 Å². The van der Waals surface area contributed by atoms with Gasteiger partial charge in [0.2, 0.25) is 0 Å². The van der Waals surface area contributed by atoms with Crippen molar-refractivity contribution in [3.63, 3.8) is 0 Å². The Balaban J connectivity index is 3.25. The molecule has 0 bridgehead atoms. The molecule has 0 saturated heterocycles. The van der Waals surface area contributed by atoms with E-state index in [1.807, 2.05) is 0 Å². The second-order valence-electron chi connectivity index (χ2n) is 5.47. The molecule has 102 valence electrons. The number of hydrogen-bond acceptors (Lipinski definition) is 2. The van der Waals surface area contributed by atoms with Crippen LogP contribution in [0.15, 0.2) is 18.2 Å². The largest absolute Gasteiger partial charge is 0.386 e. The summed E-state index contributed by atoms with van der Waals surface area (Å²) in [6.07, 6.45) is 1.43. The number of aliphatic hydroxyl groups is 1. The number of benzene rings is 1. The zero-order valence-electron chi connectivity index (χ0n) is 12.6. The Morgan fingerprint density at radius 2 is 1.72 bits per heavy atom. The van der Waals surface area contributed by atoms with Gasteiger partial charge in [0.25, 0.3) is 0 Å². The van der Waals surface area contributed by atoms with Crippen LogP contribution in [0.4, 0.5) is 0 Å². The maximum atomic E-state index is 10.9. The molecule has 0 aromatic heterocycles. The number of nitrogens with zero attached hydrogens (tertiary/aromatic N) is 1. The monoisotopic (exact) mass is 249 g/mol. The summed E-state index contributed by atoms with van der Waals surface area (Å²) in [5.41, 5.74) is 3.25. The molecule has 0 aliphatic heterocycles. The molecule has 0 aliphatic rings. The van der Waals surface area contributed by atoms with Crippen molar-refractivity contribution in [1.29, 1.82) is 0 Å². The highest BCUT2D eigenvalue weighted by Crippen LogP contribution is 2.37. The Kier molecular flexibility index (Phi) is 4.94. The van der Waals surface area contributed by atoms with Gasteiger partial charge < -0.3 is 10.0 Å². The predicted octanol–water partition coefficient (Wildman–Crippen LogP) is 3.46. The van der Waals surface area contributed by atoms with Gasteiger partial charge in [0.15, 0.2) is 0 Å². The maximum absolute atomic E-state index is 10.9. The van der Waals surface area contributed by atoms with E-state index in [4.69, 9.17) is 0 Å². The Morgan fingerprint density at radius 3 is 2.17 bits per heavy atom. The zero-order valence-corrected chi connectivity index (χ0v) is 12.6. The first-order chi connectivity index (χ1) is 8.39. The third kappa shape index (κ3) is 2.60. The molecular weight excluding hydrogens is 222 g/mol. The molecule has 2 heteroatoms. The summed E-state index contributed by atoms with van der Waals surface area (Å²) >= 11 is 0. The average Bonchev–Trinajstić information content (AvgIpc) is 2.34. The molecule has 18 heavy (non-hydrogen) atoms. The minimum atomic E-state index is -0.442. The van der Waals surface area contributed by atoms with E-state index in [0.717, 1.165) is 18.4 Å². The third-order valence-corrected chi connectivity index (χ3v) is 4.35. The molecule has 0 heterocycles. The molecule has 0 aliphatic carbocycles. The SMILES string of the molecule is CCC(CC)(C(O)c1cc(C)ccc1C)N(C)C. The van der Waals surface area contributed by atoms with Crippen LogP contribution in [0.25, 0.3) is 0 Å². The van der Waals surface area contributed by atoms with Crippen LogP contribution in [0.2, 0.25) is 0 Å². The molecule has 2 nitrogen and oxygen atoms in total. The fourth-order valence-electron chi connectivity index (χ4n) is 2.86. The molecule has 0 fully saturated rings. The normalized spacial score (nSPS) is 14.0. The van der Waals surface area contributed by atoms with Gasteiger partial charge in [0, 0.05) is 5.54 Å². The van der Waals surface area contributed by atoms with Crippen LogP contribution in [0.1, 0.15) is 49.5 Å². The molecule has 1 unspecified atom stereocenters. The number of rotatable bonds is 5. The van der Waals surface area contributed by atoms with Crippen molar-refractivity contribution in [3.8, 4) is 0 Å². The lowest BCUT2D eigenvalue weighted by Crippen LogP contribution is -2.48. The van der Waals surface area contributed by atoms with Gasteiger partial charge in [0.1, 0.15) is 0 Å². The Hall–Kier alpha value is -0.860. The lowest BCUT2D eigenvalue weighted by molar-refractivity contribution is -0.0153. The van der Waals surface area contributed by atoms with Crippen molar-refractivity contribution in [1.82, 2.24) is 4.90 Å². The fourth-order valence-corrected chi connectivity index (χ4v) is 2.86. The minimum Gasteiger partial charge on any atom is -0.386 e. The van der Waals surface area contributed by atoms with E-state index in [-0.39, 0.29) is 5.54 Å². The minimum absolute atomic E-state index is 0.182. The molecule has 1 N–H and O–H groups in total. The first-order valence-corrected chi connectivity index (χ1v) is 6.81. The van der Waals surface area contributed by atoms with Crippen molar-refractivity contribution in [2.45, 2.75) is 52.2 Å². The van der Waals surface area contributed by atoms with Gasteiger partial charge >= 0.3 is 0 Å². The number of hydrogen-bond donors (Lipinski definition) is 1. The van der Waals surface area contributed by atoms with Gasteiger partial charge in [0.05, 0.1) is 6.10 Å². The zero-order chi connectivity index (χ0) is 13.9. The van der Waals surface area contributed by atoms with Crippen LogP contribution in [-0.4, -0.2) is 29.6 Å². The van der Waals surface area contributed by atoms with E-state index in [1.54, 1.807) is 0 Å². The van der Waals surface area contributed by atoms with Crippen molar-refractivity contribution in [3.05, 3.63) is 34.9 Å². The lowest BCUT2D eigenvalue weighted by atomic mass is 9.80. The standard InChI is InChI=1S/C16H27NO/c1-7-16(8-2,17(5)6)15(18)14-11-12(3)9-10-13(14)4/h9-11,15,18H,7-8H2,1-6H3. The van der Waals surface area contributed by atoms with Crippen molar-refractivity contribution in [2.24, 2.45) is 0 Å². The van der Waals surface area contributed by atoms with Crippen LogP contribution >= 0.6 is 0 Å². The third-order valence-electron chi connectivity index (χ3n) is 4.35. The molecule has 1 aromatic rings. The van der Waals surface area contributed by atoms with Gasteiger partial charge in [-0.05, 0) is 51.9 Å². The van der Waals surface area contributed by atoms with E-state index in [9.17, 15) is 5.11 Å². The first-order valence-electron chi connectivity index (χ1n) is 6.81. The molecular formula is C16H27NO. The van der Waals surface area contributed by atoms with E-state index in [1.165, 1.54) is 11.1 Å². The van der Waals surface area contributed by atoms with Crippen LogP contribution in [-0.2, 0) is 0 Å². The van der Waals surface area contributed by atoms with Crippen molar-refractivity contribution in [2.75, 3.05) is 14.1 Å². The summed E-state index contributed by atoms with van der Waals surface area (Å²) in [6, 6.07) is 6.31. The van der Waals surface area contributed by atoms with E-state index < -0.39 is 6.10 Å². The van der Waals surface area contributed by atoms with E-state index >= 15 is 0 Å². The Morgan fingerprint density at radius 1 is 1.17 bits per heavy atom. The molecule has 1 atom stereocenters. The van der Waals surface area contributed by atoms with E-state index in [2.05, 4.69) is 64.9 Å². The summed E-state index contributed by atoms with van der Waals surface area (Å²) in [4.78, 5) is 2.17. The van der Waals surface area contributed by atoms with Crippen LogP contribution in [0.3, 0.4) is 0 Å². The highest BCUT2D eigenvalue weighted by Gasteiger charge is 2.38. The molecule has 0 spiro atoms. The highest BCUT2D eigenvalue weighted by molar-refractivity contribution is 5.34.